The summed E-state index contributed by atoms with van der Waals surface area (Å²) < 4.78 is 5.18. The van der Waals surface area contributed by atoms with Crippen molar-refractivity contribution in [3.8, 4) is 0 Å². The molecule has 3 rings (SSSR count). The Morgan fingerprint density at radius 3 is 2.84 bits per heavy atom. The lowest BCUT2D eigenvalue weighted by Gasteiger charge is -2.57. The minimum absolute atomic E-state index is 0.187. The summed E-state index contributed by atoms with van der Waals surface area (Å²) >= 11 is 0. The van der Waals surface area contributed by atoms with E-state index in [0.29, 0.717) is 12.8 Å². The molecule has 0 aromatic rings. The largest absolute Gasteiger partial charge is 0.465 e. The van der Waals surface area contributed by atoms with Crippen molar-refractivity contribution < 1.29 is 19.7 Å². The molecule has 0 unspecified atom stereocenters. The molecule has 19 heavy (non-hydrogen) atoms. The van der Waals surface area contributed by atoms with Gasteiger partial charge >= 0.3 is 5.97 Å². The van der Waals surface area contributed by atoms with Crippen molar-refractivity contribution in [2.75, 3.05) is 6.61 Å². The lowest BCUT2D eigenvalue weighted by atomic mass is 9.48. The van der Waals surface area contributed by atoms with E-state index in [0.717, 1.165) is 6.42 Å². The Balaban J connectivity index is 2.18. The van der Waals surface area contributed by atoms with Crippen LogP contribution in [0.1, 0.15) is 33.1 Å². The number of esters is 1. The summed E-state index contributed by atoms with van der Waals surface area (Å²) in [6.07, 6.45) is 2.95. The number of rotatable bonds is 1. The zero-order valence-corrected chi connectivity index (χ0v) is 11.6. The molecule has 0 spiro atoms. The first-order valence-corrected chi connectivity index (χ1v) is 7.03. The normalized spacial score (nSPS) is 56.4. The highest BCUT2D eigenvalue weighted by molar-refractivity contribution is 5.77. The SMILES string of the molecule is C=C[C@@]12C[C@H](O)[C@H]3C(=O)OC[C@@]3(C)[C@]1(O)CC[C@H]2C. The molecule has 1 saturated heterocycles. The van der Waals surface area contributed by atoms with Crippen LogP contribution in [0, 0.1) is 22.7 Å². The Labute approximate surface area is 113 Å². The van der Waals surface area contributed by atoms with Crippen LogP contribution in [0.4, 0.5) is 0 Å². The summed E-state index contributed by atoms with van der Waals surface area (Å²) in [6, 6.07) is 0. The van der Waals surface area contributed by atoms with Gasteiger partial charge in [-0.2, -0.15) is 0 Å². The fraction of sp³-hybridized carbons (Fsp3) is 0.800. The first-order valence-electron chi connectivity index (χ1n) is 7.03. The second kappa shape index (κ2) is 3.61. The molecule has 106 valence electrons. The predicted octanol–water partition coefficient (Wildman–Crippen LogP) is 1.26. The van der Waals surface area contributed by atoms with Crippen molar-refractivity contribution in [3.63, 3.8) is 0 Å². The highest BCUT2D eigenvalue weighted by atomic mass is 16.5. The number of hydrogen-bond donors (Lipinski definition) is 2. The van der Waals surface area contributed by atoms with Crippen LogP contribution in [0.25, 0.3) is 0 Å². The highest BCUT2D eigenvalue weighted by Crippen LogP contribution is 2.67. The molecule has 0 amide bonds. The molecule has 2 aliphatic carbocycles. The van der Waals surface area contributed by atoms with Gasteiger partial charge in [-0.05, 0) is 25.2 Å². The van der Waals surface area contributed by atoms with E-state index in [-0.39, 0.29) is 18.5 Å². The van der Waals surface area contributed by atoms with Crippen LogP contribution in [-0.2, 0) is 9.53 Å². The number of hydrogen-bond acceptors (Lipinski definition) is 4. The summed E-state index contributed by atoms with van der Waals surface area (Å²) in [7, 11) is 0. The molecule has 0 radical (unpaired) electrons. The van der Waals surface area contributed by atoms with Crippen LogP contribution in [0.2, 0.25) is 0 Å². The lowest BCUT2D eigenvalue weighted by molar-refractivity contribution is -0.210. The van der Waals surface area contributed by atoms with E-state index in [1.807, 2.05) is 6.92 Å². The van der Waals surface area contributed by atoms with Gasteiger partial charge in [-0.15, -0.1) is 6.58 Å². The smallest absolute Gasteiger partial charge is 0.312 e. The van der Waals surface area contributed by atoms with Crippen molar-refractivity contribution in [1.82, 2.24) is 0 Å². The van der Waals surface area contributed by atoms with Gasteiger partial charge in [-0.1, -0.05) is 19.9 Å². The zero-order valence-electron chi connectivity index (χ0n) is 11.6. The number of ether oxygens (including phenoxy) is 1. The van der Waals surface area contributed by atoms with Crippen LogP contribution < -0.4 is 0 Å². The number of carbonyl (C=O) groups excluding carboxylic acids is 1. The van der Waals surface area contributed by atoms with Crippen LogP contribution >= 0.6 is 0 Å². The van der Waals surface area contributed by atoms with Crippen LogP contribution in [-0.4, -0.2) is 34.5 Å². The van der Waals surface area contributed by atoms with Gasteiger partial charge in [0, 0.05) is 10.8 Å². The van der Waals surface area contributed by atoms with E-state index in [2.05, 4.69) is 13.5 Å². The van der Waals surface area contributed by atoms with Crippen molar-refractivity contribution >= 4 is 5.97 Å². The highest BCUT2D eigenvalue weighted by Gasteiger charge is 2.74. The fourth-order valence-corrected chi connectivity index (χ4v) is 5.05. The summed E-state index contributed by atoms with van der Waals surface area (Å²) in [5.41, 5.74) is -2.26. The molecule has 2 N–H and O–H groups in total. The standard InChI is InChI=1S/C15H22O4/c1-4-14-7-10(16)11-12(17)19-8-13(11,3)15(14,18)6-5-9(14)2/h4,9-11,16,18H,1,5-8H2,2-3H3/t9-,10+,11+,13-,14+,15-/m1/s1. The number of carbonyl (C=O) groups is 1. The van der Waals surface area contributed by atoms with Gasteiger partial charge < -0.3 is 14.9 Å². The van der Waals surface area contributed by atoms with Crippen LogP contribution in [0.5, 0.6) is 0 Å². The van der Waals surface area contributed by atoms with Gasteiger partial charge in [0.15, 0.2) is 0 Å². The van der Waals surface area contributed by atoms with Crippen LogP contribution in [0.3, 0.4) is 0 Å². The molecule has 0 aromatic heterocycles. The van der Waals surface area contributed by atoms with Gasteiger partial charge in [-0.3, -0.25) is 4.79 Å². The Morgan fingerprint density at radius 2 is 2.21 bits per heavy atom. The van der Waals surface area contributed by atoms with E-state index in [9.17, 15) is 15.0 Å². The molecular formula is C15H22O4. The summed E-state index contributed by atoms with van der Waals surface area (Å²) in [4.78, 5) is 11.9. The summed E-state index contributed by atoms with van der Waals surface area (Å²) in [6.45, 7) is 8.07. The van der Waals surface area contributed by atoms with Crippen LogP contribution in [0.15, 0.2) is 12.7 Å². The minimum atomic E-state index is -1.02. The van der Waals surface area contributed by atoms with E-state index >= 15 is 0 Å². The Kier molecular flexibility index (Phi) is 2.50. The molecule has 6 atom stereocenters. The van der Waals surface area contributed by atoms with Crippen molar-refractivity contribution in [3.05, 3.63) is 12.7 Å². The van der Waals surface area contributed by atoms with Crippen molar-refractivity contribution in [2.45, 2.75) is 44.8 Å². The topological polar surface area (TPSA) is 66.8 Å². The van der Waals surface area contributed by atoms with E-state index in [4.69, 9.17) is 4.74 Å². The van der Waals surface area contributed by atoms with Gasteiger partial charge in [0.2, 0.25) is 0 Å². The number of aliphatic hydroxyl groups excluding tert-OH is 1. The molecule has 4 heteroatoms. The first kappa shape index (κ1) is 13.1. The molecule has 4 nitrogen and oxygen atoms in total. The third-order valence-electron chi connectivity index (χ3n) is 6.28. The molecule has 2 saturated carbocycles. The first-order chi connectivity index (χ1) is 8.82. The maximum Gasteiger partial charge on any atom is 0.312 e. The molecule has 1 heterocycles. The second-order valence-corrected chi connectivity index (χ2v) is 6.82. The second-order valence-electron chi connectivity index (χ2n) is 6.82. The number of fused-ring (bicyclic) bond motifs is 3. The van der Waals surface area contributed by atoms with Gasteiger partial charge in [-0.25, -0.2) is 0 Å². The molecule has 3 fully saturated rings. The van der Waals surface area contributed by atoms with Crippen molar-refractivity contribution in [2.24, 2.45) is 22.7 Å². The lowest BCUT2D eigenvalue weighted by Crippen LogP contribution is -2.66. The Hall–Kier alpha value is -0.870. The Bertz CT molecular complexity index is 447. The average Bonchev–Trinajstić information content (AvgIpc) is 2.81. The summed E-state index contributed by atoms with van der Waals surface area (Å²) in [5, 5.41) is 21.8. The van der Waals surface area contributed by atoms with E-state index in [1.54, 1.807) is 6.08 Å². The quantitative estimate of drug-likeness (QED) is 0.554. The van der Waals surface area contributed by atoms with Crippen molar-refractivity contribution in [1.29, 1.82) is 0 Å². The molecular weight excluding hydrogens is 244 g/mol. The van der Waals surface area contributed by atoms with Gasteiger partial charge in [0.25, 0.3) is 0 Å². The average molecular weight is 266 g/mol. The molecule has 3 aliphatic rings. The van der Waals surface area contributed by atoms with Gasteiger partial charge in [0.05, 0.1) is 17.6 Å². The van der Waals surface area contributed by atoms with Gasteiger partial charge in [0.1, 0.15) is 6.61 Å². The number of cyclic esters (lactones) is 1. The fourth-order valence-electron chi connectivity index (χ4n) is 5.05. The maximum absolute atomic E-state index is 11.9. The Morgan fingerprint density at radius 1 is 1.53 bits per heavy atom. The van der Waals surface area contributed by atoms with E-state index < -0.39 is 28.5 Å². The third kappa shape index (κ3) is 1.20. The third-order valence-corrected chi connectivity index (χ3v) is 6.28. The zero-order chi connectivity index (χ0) is 14.1. The van der Waals surface area contributed by atoms with E-state index in [1.165, 1.54) is 0 Å². The molecule has 1 aliphatic heterocycles. The number of aliphatic hydroxyl groups is 2. The molecule has 0 aromatic carbocycles. The molecule has 0 bridgehead atoms. The monoisotopic (exact) mass is 266 g/mol. The predicted molar refractivity (Wildman–Crippen MR) is 69.2 cm³/mol. The maximum atomic E-state index is 11.9. The summed E-state index contributed by atoms with van der Waals surface area (Å²) in [5.74, 6) is -0.741. The minimum Gasteiger partial charge on any atom is -0.465 e.